The number of carbonyl (C=O) groups is 2. The summed E-state index contributed by atoms with van der Waals surface area (Å²) in [6.07, 6.45) is 6.30. The molecule has 0 spiro atoms. The molecule has 2 aliphatic rings. The van der Waals surface area contributed by atoms with Crippen LogP contribution in [0.15, 0.2) is 47.0 Å². The van der Waals surface area contributed by atoms with Crippen LogP contribution in [0, 0.1) is 11.8 Å². The molecule has 1 unspecified atom stereocenters. The van der Waals surface area contributed by atoms with Gasteiger partial charge in [-0.3, -0.25) is 14.5 Å². The third-order valence-electron chi connectivity index (χ3n) is 7.10. The maximum Gasteiger partial charge on any atom is 0.294 e. The van der Waals surface area contributed by atoms with Gasteiger partial charge in [0.2, 0.25) is 11.7 Å². The molecule has 1 aromatic carbocycles. The number of aromatic nitrogens is 1. The maximum atomic E-state index is 13.2. The number of fused-ring (bicyclic) bond motifs is 1. The highest BCUT2D eigenvalue weighted by Crippen LogP contribution is 2.36. The molecule has 184 valence electrons. The number of anilines is 2. The smallest absolute Gasteiger partial charge is 0.294 e. The van der Waals surface area contributed by atoms with Crippen LogP contribution in [0.5, 0.6) is 0 Å². The Hall–Kier alpha value is -2.94. The zero-order chi connectivity index (χ0) is 24.4. The number of aliphatic hydroxyl groups excluding tert-OH is 1. The second kappa shape index (κ2) is 10.4. The first-order valence-corrected chi connectivity index (χ1v) is 12.5. The second-order valence-corrected chi connectivity index (χ2v) is 9.81. The number of hydrogen-bond donors (Lipinski definition) is 3. The number of aliphatic hydroxyl groups is 1. The number of halogens is 1. The quantitative estimate of drug-likeness (QED) is 0.448. The van der Waals surface area contributed by atoms with Gasteiger partial charge in [0.15, 0.2) is 0 Å². The fourth-order valence-corrected chi connectivity index (χ4v) is 5.27. The summed E-state index contributed by atoms with van der Waals surface area (Å²) >= 11 is 5.88. The predicted octanol–water partition coefficient (Wildman–Crippen LogP) is 4.89. The van der Waals surface area contributed by atoms with E-state index in [1.165, 1.54) is 6.20 Å². The lowest BCUT2D eigenvalue weighted by molar-refractivity contribution is -0.122. The van der Waals surface area contributed by atoms with Gasteiger partial charge in [0.05, 0.1) is 5.02 Å². The van der Waals surface area contributed by atoms with Gasteiger partial charge >= 0.3 is 0 Å². The van der Waals surface area contributed by atoms with Crippen LogP contribution in [0.25, 0.3) is 11.0 Å². The Morgan fingerprint density at radius 1 is 1.06 bits per heavy atom. The maximum absolute atomic E-state index is 13.2. The summed E-state index contributed by atoms with van der Waals surface area (Å²) in [4.78, 5) is 32.5. The monoisotopic (exact) mass is 496 g/mol. The van der Waals surface area contributed by atoms with E-state index >= 15 is 0 Å². The first kappa shape index (κ1) is 23.8. The molecule has 1 saturated heterocycles. The SMILES string of the molecule is O=C(Nc1ccc(Cl)cn1)c1oc2ccccc2c1NC(=O)C1CCC(C(O)N2CCCC2)CC1. The number of rotatable bonds is 6. The van der Waals surface area contributed by atoms with Crippen molar-refractivity contribution in [2.24, 2.45) is 11.8 Å². The van der Waals surface area contributed by atoms with Crippen molar-refractivity contribution in [3.63, 3.8) is 0 Å². The van der Waals surface area contributed by atoms with E-state index in [9.17, 15) is 14.7 Å². The van der Waals surface area contributed by atoms with Crippen molar-refractivity contribution in [1.82, 2.24) is 9.88 Å². The number of nitrogens with zero attached hydrogens (tertiary/aromatic N) is 2. The molecule has 0 radical (unpaired) electrons. The average Bonchev–Trinajstić information content (AvgIpc) is 3.54. The van der Waals surface area contributed by atoms with E-state index < -0.39 is 12.1 Å². The van der Waals surface area contributed by atoms with E-state index in [2.05, 4.69) is 20.5 Å². The summed E-state index contributed by atoms with van der Waals surface area (Å²) in [6, 6.07) is 10.4. The van der Waals surface area contributed by atoms with Gasteiger partial charge in [0.1, 0.15) is 23.3 Å². The van der Waals surface area contributed by atoms with E-state index in [-0.39, 0.29) is 23.5 Å². The molecule has 2 amide bonds. The highest BCUT2D eigenvalue weighted by molar-refractivity contribution is 6.30. The summed E-state index contributed by atoms with van der Waals surface area (Å²) in [6.45, 7) is 1.90. The summed E-state index contributed by atoms with van der Waals surface area (Å²) in [7, 11) is 0. The fourth-order valence-electron chi connectivity index (χ4n) is 5.16. The molecular weight excluding hydrogens is 468 g/mol. The number of nitrogens with one attached hydrogen (secondary N) is 2. The van der Waals surface area contributed by atoms with Crippen molar-refractivity contribution in [1.29, 1.82) is 0 Å². The van der Waals surface area contributed by atoms with Crippen molar-refractivity contribution < 1.29 is 19.1 Å². The summed E-state index contributed by atoms with van der Waals surface area (Å²) in [5, 5.41) is 17.5. The van der Waals surface area contributed by atoms with E-state index in [1.807, 2.05) is 18.2 Å². The van der Waals surface area contributed by atoms with Crippen LogP contribution in [-0.2, 0) is 4.79 Å². The van der Waals surface area contributed by atoms with E-state index in [0.717, 1.165) is 38.8 Å². The molecule has 1 aliphatic carbocycles. The normalized spacial score (nSPS) is 21.7. The molecule has 3 heterocycles. The second-order valence-electron chi connectivity index (χ2n) is 9.38. The zero-order valence-corrected chi connectivity index (χ0v) is 20.1. The van der Waals surface area contributed by atoms with Crippen LogP contribution in [-0.4, -0.2) is 46.1 Å². The van der Waals surface area contributed by atoms with Gasteiger partial charge in [-0.05, 0) is 68.7 Å². The fraction of sp³-hybridized carbons (Fsp3) is 0.423. The standard InChI is InChI=1S/C26H29ClN4O4/c27-18-11-12-21(28-15-18)29-25(33)23-22(19-5-1-2-6-20(19)35-23)30-24(32)16-7-9-17(10-8-16)26(34)31-13-3-4-14-31/h1-2,5-6,11-12,15-17,26,34H,3-4,7-10,13-14H2,(H,30,32)(H,28,29,33). The van der Waals surface area contributed by atoms with Crippen molar-refractivity contribution in [2.75, 3.05) is 23.7 Å². The lowest BCUT2D eigenvalue weighted by Gasteiger charge is -2.35. The van der Waals surface area contributed by atoms with Crippen LogP contribution in [0.2, 0.25) is 5.02 Å². The highest BCUT2D eigenvalue weighted by Gasteiger charge is 2.34. The number of para-hydroxylation sites is 1. The minimum absolute atomic E-state index is 0.0226. The molecule has 9 heteroatoms. The Kier molecular flexibility index (Phi) is 7.04. The molecule has 35 heavy (non-hydrogen) atoms. The van der Waals surface area contributed by atoms with Crippen LogP contribution in [0.1, 0.15) is 49.1 Å². The first-order chi connectivity index (χ1) is 17.0. The number of pyridine rings is 1. The predicted molar refractivity (Wildman–Crippen MR) is 134 cm³/mol. The molecule has 3 N–H and O–H groups in total. The van der Waals surface area contributed by atoms with Crippen LogP contribution in [0.3, 0.4) is 0 Å². The third-order valence-corrected chi connectivity index (χ3v) is 7.32. The van der Waals surface area contributed by atoms with Gasteiger partial charge < -0.3 is 20.2 Å². The summed E-state index contributed by atoms with van der Waals surface area (Å²) in [5.74, 6) is -0.283. The largest absolute Gasteiger partial charge is 0.449 e. The molecule has 3 aromatic rings. The van der Waals surface area contributed by atoms with Gasteiger partial charge in [-0.15, -0.1) is 0 Å². The number of amides is 2. The number of carbonyl (C=O) groups excluding carboxylic acids is 2. The molecule has 1 aliphatic heterocycles. The summed E-state index contributed by atoms with van der Waals surface area (Å²) < 4.78 is 5.83. The molecule has 2 aromatic heterocycles. The molecule has 2 fully saturated rings. The molecule has 1 atom stereocenters. The van der Waals surface area contributed by atoms with Crippen molar-refractivity contribution in [3.8, 4) is 0 Å². The van der Waals surface area contributed by atoms with Crippen LogP contribution in [0.4, 0.5) is 11.5 Å². The summed E-state index contributed by atoms with van der Waals surface area (Å²) in [5.41, 5.74) is 0.866. The van der Waals surface area contributed by atoms with Crippen LogP contribution >= 0.6 is 11.6 Å². The van der Waals surface area contributed by atoms with Gasteiger partial charge in [0.25, 0.3) is 5.91 Å². The van der Waals surface area contributed by atoms with E-state index in [1.54, 1.807) is 18.2 Å². The van der Waals surface area contributed by atoms with Crippen molar-refractivity contribution in [2.45, 2.75) is 44.8 Å². The average molecular weight is 497 g/mol. The number of benzene rings is 1. The Morgan fingerprint density at radius 3 is 2.51 bits per heavy atom. The lowest BCUT2D eigenvalue weighted by atomic mass is 9.80. The Balaban J connectivity index is 1.29. The third kappa shape index (κ3) is 5.19. The van der Waals surface area contributed by atoms with Gasteiger partial charge in [0, 0.05) is 30.6 Å². The minimum Gasteiger partial charge on any atom is -0.449 e. The van der Waals surface area contributed by atoms with Gasteiger partial charge in [-0.2, -0.15) is 0 Å². The highest BCUT2D eigenvalue weighted by atomic mass is 35.5. The van der Waals surface area contributed by atoms with E-state index in [0.29, 0.717) is 40.3 Å². The van der Waals surface area contributed by atoms with Crippen molar-refractivity contribution in [3.05, 3.63) is 53.4 Å². The Bertz CT molecular complexity index is 1200. The zero-order valence-electron chi connectivity index (χ0n) is 19.4. The Morgan fingerprint density at radius 2 is 1.80 bits per heavy atom. The van der Waals surface area contributed by atoms with Gasteiger partial charge in [-0.1, -0.05) is 23.7 Å². The number of hydrogen-bond acceptors (Lipinski definition) is 6. The van der Waals surface area contributed by atoms with Crippen LogP contribution < -0.4 is 10.6 Å². The lowest BCUT2D eigenvalue weighted by Crippen LogP contribution is -2.41. The number of likely N-dealkylation sites (tertiary alicyclic amines) is 1. The van der Waals surface area contributed by atoms with Crippen molar-refractivity contribution >= 4 is 45.9 Å². The molecule has 8 nitrogen and oxygen atoms in total. The molecule has 0 bridgehead atoms. The van der Waals surface area contributed by atoms with Gasteiger partial charge in [-0.25, -0.2) is 4.98 Å². The minimum atomic E-state index is -0.510. The molecule has 1 saturated carbocycles. The Labute approximate surface area is 208 Å². The molecular formula is C26H29ClN4O4. The number of furan rings is 1. The topological polar surface area (TPSA) is 108 Å². The molecule has 5 rings (SSSR count). The first-order valence-electron chi connectivity index (χ1n) is 12.2. The van der Waals surface area contributed by atoms with E-state index in [4.69, 9.17) is 16.0 Å².